The number of hydrogen-bond acceptors (Lipinski definition) is 4. The lowest BCUT2D eigenvalue weighted by atomic mass is 10.1. The first-order valence-corrected chi connectivity index (χ1v) is 6.03. The summed E-state index contributed by atoms with van der Waals surface area (Å²) in [4.78, 5) is 33.7. The number of imide groups is 1. The second-order valence-corrected chi connectivity index (χ2v) is 4.94. The van der Waals surface area contributed by atoms with E-state index in [2.05, 4.69) is 0 Å². The molecule has 0 fully saturated rings. The molecule has 3 amide bonds. The number of carbonyl (C=O) groups is 3. The molecular weight excluding hydrogens is 236 g/mol. The largest absolute Gasteiger partial charge is 0.452 e. The average Bonchev–Trinajstić information content (AvgIpc) is 2.21. The van der Waals surface area contributed by atoms with E-state index in [0.29, 0.717) is 12.3 Å². The van der Waals surface area contributed by atoms with Crippen molar-refractivity contribution in [3.63, 3.8) is 0 Å². The summed E-state index contributed by atoms with van der Waals surface area (Å²) in [6.07, 6.45) is -0.0385. The predicted molar refractivity (Wildman–Crippen MR) is 66.5 cm³/mol. The van der Waals surface area contributed by atoms with Gasteiger partial charge in [-0.25, -0.2) is 4.79 Å². The van der Waals surface area contributed by atoms with Crippen molar-refractivity contribution < 1.29 is 19.1 Å². The van der Waals surface area contributed by atoms with Gasteiger partial charge in [0.25, 0.3) is 5.91 Å². The van der Waals surface area contributed by atoms with Crippen LogP contribution in [0.4, 0.5) is 4.79 Å². The first-order chi connectivity index (χ1) is 8.23. The minimum absolute atomic E-state index is 0.229. The van der Waals surface area contributed by atoms with Crippen LogP contribution in [0.3, 0.4) is 0 Å². The number of nitrogens with one attached hydrogen (secondary N) is 1. The van der Waals surface area contributed by atoms with Crippen molar-refractivity contribution in [3.05, 3.63) is 0 Å². The van der Waals surface area contributed by atoms with Crippen LogP contribution in [0.5, 0.6) is 0 Å². The Bertz CT molecular complexity index is 313. The van der Waals surface area contributed by atoms with Crippen LogP contribution in [0.25, 0.3) is 0 Å². The highest BCUT2D eigenvalue weighted by Crippen LogP contribution is 2.11. The maximum absolute atomic E-state index is 11.6. The van der Waals surface area contributed by atoms with Gasteiger partial charge in [0.15, 0.2) is 6.10 Å². The Balaban J connectivity index is 4.40. The molecule has 6 heteroatoms. The summed E-state index contributed by atoms with van der Waals surface area (Å²) in [6.45, 7) is 7.43. The van der Waals surface area contributed by atoms with Gasteiger partial charge >= 0.3 is 12.0 Å². The van der Waals surface area contributed by atoms with Gasteiger partial charge in [0, 0.05) is 6.42 Å². The van der Waals surface area contributed by atoms with Crippen molar-refractivity contribution in [3.8, 4) is 0 Å². The molecule has 0 aliphatic rings. The maximum atomic E-state index is 11.6. The number of urea groups is 1. The SMILES string of the molecule is CC(C)CCC(=O)O[C@@H](C(=O)NC(N)=O)C(C)C. The predicted octanol–water partition coefficient (Wildman–Crippen LogP) is 1.19. The van der Waals surface area contributed by atoms with Gasteiger partial charge < -0.3 is 10.5 Å². The average molecular weight is 258 g/mol. The molecule has 0 radical (unpaired) electrons. The maximum Gasteiger partial charge on any atom is 0.318 e. The molecule has 0 unspecified atom stereocenters. The molecule has 0 aromatic carbocycles. The van der Waals surface area contributed by atoms with Crippen molar-refractivity contribution in [2.75, 3.05) is 0 Å². The fraction of sp³-hybridized carbons (Fsp3) is 0.750. The number of esters is 1. The van der Waals surface area contributed by atoms with Crippen LogP contribution in [-0.4, -0.2) is 24.0 Å². The van der Waals surface area contributed by atoms with E-state index in [-0.39, 0.29) is 12.3 Å². The van der Waals surface area contributed by atoms with Gasteiger partial charge in [-0.2, -0.15) is 0 Å². The van der Waals surface area contributed by atoms with E-state index in [1.165, 1.54) is 0 Å². The Kier molecular flexibility index (Phi) is 7.00. The van der Waals surface area contributed by atoms with E-state index in [4.69, 9.17) is 10.5 Å². The Morgan fingerprint density at radius 1 is 1.17 bits per heavy atom. The fourth-order valence-electron chi connectivity index (χ4n) is 1.29. The number of nitrogens with two attached hydrogens (primary N) is 1. The molecule has 3 N–H and O–H groups in total. The summed E-state index contributed by atoms with van der Waals surface area (Å²) in [5.41, 5.74) is 4.85. The van der Waals surface area contributed by atoms with Crippen molar-refractivity contribution in [1.82, 2.24) is 5.32 Å². The molecule has 0 aromatic rings. The molecule has 0 aliphatic heterocycles. The van der Waals surface area contributed by atoms with Gasteiger partial charge in [-0.15, -0.1) is 0 Å². The lowest BCUT2D eigenvalue weighted by Crippen LogP contribution is -2.45. The van der Waals surface area contributed by atoms with Crippen LogP contribution in [0, 0.1) is 11.8 Å². The number of ether oxygens (including phenoxy) is 1. The molecule has 0 aliphatic carbocycles. The van der Waals surface area contributed by atoms with Crippen molar-refractivity contribution in [1.29, 1.82) is 0 Å². The molecule has 18 heavy (non-hydrogen) atoms. The molecule has 0 saturated carbocycles. The van der Waals surface area contributed by atoms with Gasteiger partial charge in [0.1, 0.15) is 0 Å². The van der Waals surface area contributed by atoms with Crippen LogP contribution >= 0.6 is 0 Å². The molecule has 0 bridgehead atoms. The van der Waals surface area contributed by atoms with Gasteiger partial charge in [-0.1, -0.05) is 27.7 Å². The van der Waals surface area contributed by atoms with E-state index >= 15 is 0 Å². The third kappa shape index (κ3) is 6.88. The van der Waals surface area contributed by atoms with E-state index in [9.17, 15) is 14.4 Å². The Morgan fingerprint density at radius 2 is 1.72 bits per heavy atom. The lowest BCUT2D eigenvalue weighted by Gasteiger charge is -2.20. The second-order valence-electron chi connectivity index (χ2n) is 4.94. The zero-order valence-corrected chi connectivity index (χ0v) is 11.4. The quantitative estimate of drug-likeness (QED) is 0.699. The van der Waals surface area contributed by atoms with Crippen LogP contribution in [0.1, 0.15) is 40.5 Å². The van der Waals surface area contributed by atoms with Crippen LogP contribution in [0.15, 0.2) is 0 Å². The first-order valence-electron chi connectivity index (χ1n) is 6.03. The number of primary amides is 1. The van der Waals surface area contributed by atoms with E-state index in [1.54, 1.807) is 13.8 Å². The third-order valence-electron chi connectivity index (χ3n) is 2.29. The summed E-state index contributed by atoms with van der Waals surface area (Å²) < 4.78 is 5.07. The molecular formula is C12H22N2O4. The number of rotatable bonds is 6. The summed E-state index contributed by atoms with van der Waals surface area (Å²) in [5, 5.41) is 1.92. The van der Waals surface area contributed by atoms with E-state index in [1.807, 2.05) is 19.2 Å². The van der Waals surface area contributed by atoms with Crippen LogP contribution in [0.2, 0.25) is 0 Å². The Hall–Kier alpha value is -1.59. The zero-order valence-electron chi connectivity index (χ0n) is 11.4. The van der Waals surface area contributed by atoms with Crippen LogP contribution in [-0.2, 0) is 14.3 Å². The monoisotopic (exact) mass is 258 g/mol. The molecule has 0 heterocycles. The smallest absolute Gasteiger partial charge is 0.318 e. The standard InChI is InChI=1S/C12H22N2O4/c1-7(2)5-6-9(15)18-10(8(3)4)11(16)14-12(13)17/h7-8,10H,5-6H2,1-4H3,(H3,13,14,16,17)/t10-/m1/s1. The lowest BCUT2D eigenvalue weighted by molar-refractivity contribution is -0.158. The van der Waals surface area contributed by atoms with Crippen LogP contribution < -0.4 is 11.1 Å². The number of hydrogen-bond donors (Lipinski definition) is 2. The van der Waals surface area contributed by atoms with Gasteiger partial charge in [0.05, 0.1) is 0 Å². The molecule has 104 valence electrons. The van der Waals surface area contributed by atoms with Gasteiger partial charge in [0.2, 0.25) is 0 Å². The van der Waals surface area contributed by atoms with Gasteiger partial charge in [-0.3, -0.25) is 14.9 Å². The fourth-order valence-corrected chi connectivity index (χ4v) is 1.29. The second kappa shape index (κ2) is 7.68. The molecule has 6 nitrogen and oxygen atoms in total. The summed E-state index contributed by atoms with van der Waals surface area (Å²) >= 11 is 0. The van der Waals surface area contributed by atoms with Gasteiger partial charge in [-0.05, 0) is 18.3 Å². The molecule has 1 atom stereocenters. The van der Waals surface area contributed by atoms with Crippen molar-refractivity contribution in [2.45, 2.75) is 46.6 Å². The third-order valence-corrected chi connectivity index (χ3v) is 2.29. The highest BCUT2D eigenvalue weighted by molar-refractivity contribution is 5.96. The Morgan fingerprint density at radius 3 is 2.11 bits per heavy atom. The summed E-state index contributed by atoms with van der Waals surface area (Å²) in [5.74, 6) is -0.973. The van der Waals surface area contributed by atoms with E-state index < -0.39 is 24.0 Å². The number of amides is 3. The van der Waals surface area contributed by atoms with Crippen molar-refractivity contribution >= 4 is 17.9 Å². The molecule has 0 spiro atoms. The topological polar surface area (TPSA) is 98.5 Å². The molecule has 0 saturated heterocycles. The van der Waals surface area contributed by atoms with E-state index in [0.717, 1.165) is 0 Å². The molecule has 0 rings (SSSR count). The highest BCUT2D eigenvalue weighted by atomic mass is 16.5. The zero-order chi connectivity index (χ0) is 14.3. The minimum Gasteiger partial charge on any atom is -0.452 e. The summed E-state index contributed by atoms with van der Waals surface area (Å²) in [7, 11) is 0. The highest BCUT2D eigenvalue weighted by Gasteiger charge is 2.27. The number of carbonyl (C=O) groups excluding carboxylic acids is 3. The van der Waals surface area contributed by atoms with Crippen molar-refractivity contribution in [2.24, 2.45) is 17.6 Å². The Labute approximate surface area is 107 Å². The minimum atomic E-state index is -0.989. The normalized spacial score (nSPS) is 12.3. The molecule has 0 aromatic heterocycles. The first kappa shape index (κ1) is 16.4. The summed E-state index contributed by atoms with van der Waals surface area (Å²) in [6, 6.07) is -0.955.